The van der Waals surface area contributed by atoms with E-state index in [1.54, 1.807) is 48.5 Å². The summed E-state index contributed by atoms with van der Waals surface area (Å²) in [6.07, 6.45) is 0. The summed E-state index contributed by atoms with van der Waals surface area (Å²) < 4.78 is 10.3. The van der Waals surface area contributed by atoms with Crippen molar-refractivity contribution in [1.82, 2.24) is 0 Å². The van der Waals surface area contributed by atoms with E-state index in [-0.39, 0.29) is 0 Å². The molecule has 0 saturated heterocycles. The van der Waals surface area contributed by atoms with Crippen molar-refractivity contribution in [2.24, 2.45) is 0 Å². The highest BCUT2D eigenvalue weighted by atomic mass is 16.5. The van der Waals surface area contributed by atoms with E-state index in [0.717, 1.165) is 0 Å². The molecule has 0 saturated carbocycles. The number of hydrogen-bond donors (Lipinski definition) is 0. The Morgan fingerprint density at radius 1 is 1.16 bits per heavy atom. The summed E-state index contributed by atoms with van der Waals surface area (Å²) in [7, 11) is 1.31. The van der Waals surface area contributed by atoms with Gasteiger partial charge in [-0.2, -0.15) is 5.26 Å². The van der Waals surface area contributed by atoms with Crippen LogP contribution in [-0.2, 0) is 4.74 Å². The Kier molecular flexibility index (Phi) is 3.79. The second-order valence-corrected chi connectivity index (χ2v) is 3.73. The van der Waals surface area contributed by atoms with Crippen LogP contribution in [0.1, 0.15) is 15.9 Å². The molecule has 2 rings (SSSR count). The predicted molar refractivity (Wildman–Crippen MR) is 69.0 cm³/mol. The molecule has 0 atom stereocenters. The van der Waals surface area contributed by atoms with Gasteiger partial charge < -0.3 is 9.47 Å². The lowest BCUT2D eigenvalue weighted by atomic mass is 10.2. The van der Waals surface area contributed by atoms with Crippen LogP contribution in [0.25, 0.3) is 0 Å². The number of ether oxygens (including phenoxy) is 2. The molecule has 2 aromatic carbocycles. The smallest absolute Gasteiger partial charge is 0.341 e. The number of nitriles is 1. The Bertz CT molecular complexity index is 644. The number of rotatable bonds is 3. The molecule has 0 amide bonds. The van der Waals surface area contributed by atoms with E-state index in [1.807, 2.05) is 6.07 Å². The fraction of sp³-hybridized carbons (Fsp3) is 0.0667. The fourth-order valence-electron chi connectivity index (χ4n) is 1.59. The zero-order valence-electron chi connectivity index (χ0n) is 10.3. The van der Waals surface area contributed by atoms with Crippen molar-refractivity contribution in [1.29, 1.82) is 5.26 Å². The summed E-state index contributed by atoms with van der Waals surface area (Å²) in [5.41, 5.74) is 0.834. The van der Waals surface area contributed by atoms with Gasteiger partial charge in [-0.3, -0.25) is 0 Å². The van der Waals surface area contributed by atoms with Crippen LogP contribution in [0, 0.1) is 11.3 Å². The van der Waals surface area contributed by atoms with Gasteiger partial charge in [0, 0.05) is 0 Å². The molecule has 4 nitrogen and oxygen atoms in total. The lowest BCUT2D eigenvalue weighted by Gasteiger charge is -2.09. The number of esters is 1. The normalized spacial score (nSPS) is 9.47. The summed E-state index contributed by atoms with van der Waals surface area (Å²) in [6, 6.07) is 15.5. The molecule has 2 aromatic rings. The highest BCUT2D eigenvalue weighted by Crippen LogP contribution is 2.26. The maximum absolute atomic E-state index is 11.6. The van der Waals surface area contributed by atoms with Gasteiger partial charge in [-0.15, -0.1) is 0 Å². The van der Waals surface area contributed by atoms with E-state index in [0.29, 0.717) is 22.6 Å². The lowest BCUT2D eigenvalue weighted by Crippen LogP contribution is -2.03. The summed E-state index contributed by atoms with van der Waals surface area (Å²) >= 11 is 0. The highest BCUT2D eigenvalue weighted by Gasteiger charge is 2.12. The Morgan fingerprint density at radius 2 is 1.95 bits per heavy atom. The molecule has 0 aliphatic carbocycles. The molecule has 0 N–H and O–H groups in total. The summed E-state index contributed by atoms with van der Waals surface area (Å²) in [4.78, 5) is 11.6. The predicted octanol–water partition coefficient (Wildman–Crippen LogP) is 3.14. The summed E-state index contributed by atoms with van der Waals surface area (Å²) in [5, 5.41) is 8.83. The largest absolute Gasteiger partial charge is 0.465 e. The minimum Gasteiger partial charge on any atom is -0.465 e. The molecule has 0 spiro atoms. The average Bonchev–Trinajstić information content (AvgIpc) is 2.47. The van der Waals surface area contributed by atoms with Crippen LogP contribution >= 0.6 is 0 Å². The van der Waals surface area contributed by atoms with E-state index in [1.165, 1.54) is 7.11 Å². The molecule has 4 heteroatoms. The third-order valence-corrected chi connectivity index (χ3v) is 2.48. The number of carbonyl (C=O) groups is 1. The first-order chi connectivity index (χ1) is 9.24. The quantitative estimate of drug-likeness (QED) is 0.788. The highest BCUT2D eigenvalue weighted by molar-refractivity contribution is 5.92. The minimum absolute atomic E-state index is 0.340. The summed E-state index contributed by atoms with van der Waals surface area (Å²) in [6.45, 7) is 0. The van der Waals surface area contributed by atoms with Crippen molar-refractivity contribution in [2.75, 3.05) is 7.11 Å². The van der Waals surface area contributed by atoms with Crippen LogP contribution < -0.4 is 4.74 Å². The Morgan fingerprint density at radius 3 is 2.68 bits per heavy atom. The van der Waals surface area contributed by atoms with Crippen LogP contribution in [0.3, 0.4) is 0 Å². The monoisotopic (exact) mass is 253 g/mol. The Balaban J connectivity index is 2.33. The van der Waals surface area contributed by atoms with Crippen LogP contribution in [0.5, 0.6) is 11.5 Å². The van der Waals surface area contributed by atoms with Crippen molar-refractivity contribution >= 4 is 5.97 Å². The van der Waals surface area contributed by atoms with E-state index in [2.05, 4.69) is 4.74 Å². The van der Waals surface area contributed by atoms with Crippen LogP contribution in [0.15, 0.2) is 48.5 Å². The molecular weight excluding hydrogens is 242 g/mol. The Hall–Kier alpha value is -2.80. The fourth-order valence-corrected chi connectivity index (χ4v) is 1.59. The molecule has 0 unspecified atom stereocenters. The topological polar surface area (TPSA) is 59.3 Å². The SMILES string of the molecule is COC(=O)c1ccccc1Oc1cccc(C#N)c1. The second kappa shape index (κ2) is 5.69. The first-order valence-corrected chi connectivity index (χ1v) is 5.60. The minimum atomic E-state index is -0.466. The molecule has 94 valence electrons. The molecule has 0 bridgehead atoms. The first kappa shape index (κ1) is 12.7. The molecule has 0 aliphatic rings. The van der Waals surface area contributed by atoms with Gasteiger partial charge in [0.05, 0.1) is 18.7 Å². The average molecular weight is 253 g/mol. The van der Waals surface area contributed by atoms with Gasteiger partial charge in [-0.25, -0.2) is 4.79 Å². The van der Waals surface area contributed by atoms with Crippen molar-refractivity contribution in [3.05, 3.63) is 59.7 Å². The van der Waals surface area contributed by atoms with Crippen molar-refractivity contribution in [3.8, 4) is 17.6 Å². The van der Waals surface area contributed by atoms with E-state index < -0.39 is 5.97 Å². The molecular formula is C15H11NO3. The number of nitrogens with zero attached hydrogens (tertiary/aromatic N) is 1. The number of benzene rings is 2. The van der Waals surface area contributed by atoms with Gasteiger partial charge in [0.25, 0.3) is 0 Å². The molecule has 0 radical (unpaired) electrons. The van der Waals surface area contributed by atoms with Gasteiger partial charge in [0.15, 0.2) is 0 Å². The van der Waals surface area contributed by atoms with Crippen LogP contribution in [0.2, 0.25) is 0 Å². The molecule has 0 aromatic heterocycles. The summed E-state index contributed by atoms with van der Waals surface area (Å²) in [5.74, 6) is 0.423. The third kappa shape index (κ3) is 2.90. The van der Waals surface area contributed by atoms with E-state index in [9.17, 15) is 4.79 Å². The number of hydrogen-bond acceptors (Lipinski definition) is 4. The van der Waals surface area contributed by atoms with Crippen LogP contribution in [0.4, 0.5) is 0 Å². The van der Waals surface area contributed by atoms with Gasteiger partial charge >= 0.3 is 5.97 Å². The molecule has 0 aliphatic heterocycles. The van der Waals surface area contributed by atoms with E-state index >= 15 is 0 Å². The van der Waals surface area contributed by atoms with Gasteiger partial charge in [-0.05, 0) is 30.3 Å². The van der Waals surface area contributed by atoms with Gasteiger partial charge in [0.1, 0.15) is 17.1 Å². The first-order valence-electron chi connectivity index (χ1n) is 5.60. The van der Waals surface area contributed by atoms with Gasteiger partial charge in [0.2, 0.25) is 0 Å². The lowest BCUT2D eigenvalue weighted by molar-refractivity contribution is 0.0598. The van der Waals surface area contributed by atoms with Crippen molar-refractivity contribution < 1.29 is 14.3 Å². The Labute approximate surface area is 110 Å². The zero-order valence-corrected chi connectivity index (χ0v) is 10.3. The maximum Gasteiger partial charge on any atom is 0.341 e. The second-order valence-electron chi connectivity index (χ2n) is 3.73. The number of carbonyl (C=O) groups excluding carboxylic acids is 1. The van der Waals surface area contributed by atoms with Crippen molar-refractivity contribution in [3.63, 3.8) is 0 Å². The molecule has 19 heavy (non-hydrogen) atoms. The zero-order chi connectivity index (χ0) is 13.7. The van der Waals surface area contributed by atoms with E-state index in [4.69, 9.17) is 10.00 Å². The third-order valence-electron chi connectivity index (χ3n) is 2.48. The van der Waals surface area contributed by atoms with Crippen LogP contribution in [-0.4, -0.2) is 13.1 Å². The molecule has 0 fully saturated rings. The van der Waals surface area contributed by atoms with Gasteiger partial charge in [-0.1, -0.05) is 18.2 Å². The molecule has 0 heterocycles. The van der Waals surface area contributed by atoms with Crippen molar-refractivity contribution in [2.45, 2.75) is 0 Å². The standard InChI is InChI=1S/C15H11NO3/c1-18-15(17)13-7-2-3-8-14(13)19-12-6-4-5-11(9-12)10-16/h2-9H,1H3. The number of para-hydroxylation sites is 1. The maximum atomic E-state index is 11.6. The number of methoxy groups -OCH3 is 1.